The Morgan fingerprint density at radius 2 is 2.00 bits per heavy atom. The van der Waals surface area contributed by atoms with Crippen molar-refractivity contribution in [2.24, 2.45) is 4.99 Å². The fraction of sp³-hybridized carbons (Fsp3) is 0.889. The van der Waals surface area contributed by atoms with Gasteiger partial charge in [-0.25, -0.2) is 0 Å². The summed E-state index contributed by atoms with van der Waals surface area (Å²) in [7, 11) is 2.14. The van der Waals surface area contributed by atoms with Crippen molar-refractivity contribution in [3.05, 3.63) is 0 Å². The number of aliphatic imine (C=N–C) groups is 1. The molecule has 1 heterocycles. The molecule has 0 radical (unpaired) electrons. The average molecular weight is 434 g/mol. The standard InChI is InChI=1S/C6H15P.C3H5NS2.Au/c1-4-7(5-2)6-3;5-3-4-1-2-6-3;/h4-6H2,1-3H3;1-2H2,(H,4,5);. The second-order valence-corrected chi connectivity index (χ2v) is 22.1. The molecule has 1 aliphatic heterocycles. The first-order chi connectivity index (χ1) is 6.76. The van der Waals surface area contributed by atoms with Crippen LogP contribution in [0, 0.1) is 0 Å². The van der Waals surface area contributed by atoms with E-state index in [2.05, 4.69) is 35.0 Å². The van der Waals surface area contributed by atoms with E-state index in [1.807, 2.05) is 11.8 Å². The first kappa shape index (κ1) is 13.6. The van der Waals surface area contributed by atoms with Crippen LogP contribution in [0.25, 0.3) is 0 Å². The van der Waals surface area contributed by atoms with Crippen molar-refractivity contribution in [2.45, 2.75) is 20.8 Å². The molecular formula is C9H20AuNPS2. The first-order valence-corrected chi connectivity index (χ1v) is 15.2. The van der Waals surface area contributed by atoms with Gasteiger partial charge < -0.3 is 0 Å². The maximum atomic E-state index is 4.53. The van der Waals surface area contributed by atoms with E-state index in [9.17, 15) is 0 Å². The predicted molar refractivity (Wildman–Crippen MR) is 72.3 cm³/mol. The summed E-state index contributed by atoms with van der Waals surface area (Å²) < 4.78 is 1.40. The van der Waals surface area contributed by atoms with Gasteiger partial charge >= 0.3 is 105 Å². The van der Waals surface area contributed by atoms with E-state index in [1.54, 1.807) is 0 Å². The number of hydrogen-bond acceptors (Lipinski definition) is 3. The number of hydrogen-bond donors (Lipinski definition) is 0. The minimum absolute atomic E-state index is 0.482. The van der Waals surface area contributed by atoms with Crippen LogP contribution in [0.5, 0.6) is 0 Å². The summed E-state index contributed by atoms with van der Waals surface area (Å²) in [6, 6.07) is 0. The van der Waals surface area contributed by atoms with E-state index < -0.39 is 5.15 Å². The van der Waals surface area contributed by atoms with Crippen molar-refractivity contribution in [2.75, 3.05) is 30.8 Å². The van der Waals surface area contributed by atoms with Crippen LogP contribution in [-0.4, -0.2) is 35.2 Å². The van der Waals surface area contributed by atoms with Gasteiger partial charge in [0.1, 0.15) is 0 Å². The van der Waals surface area contributed by atoms with Crippen molar-refractivity contribution < 1.29 is 17.9 Å². The molecule has 0 atom stereocenters. The Balaban J connectivity index is 2.39. The van der Waals surface area contributed by atoms with Gasteiger partial charge in [-0.15, -0.1) is 0 Å². The minimum atomic E-state index is -0.819. The van der Waals surface area contributed by atoms with Crippen LogP contribution in [0.2, 0.25) is 0 Å². The maximum absolute atomic E-state index is 4.53. The van der Waals surface area contributed by atoms with Crippen molar-refractivity contribution in [3.8, 4) is 0 Å². The van der Waals surface area contributed by atoms with Gasteiger partial charge in [0, 0.05) is 0 Å². The van der Waals surface area contributed by atoms with Gasteiger partial charge in [0.25, 0.3) is 0 Å². The summed E-state index contributed by atoms with van der Waals surface area (Å²) in [5, 5.41) is -0.819. The first-order valence-electron chi connectivity index (χ1n) is 5.19. The molecule has 0 N–H and O–H groups in total. The van der Waals surface area contributed by atoms with Gasteiger partial charge in [0.15, 0.2) is 0 Å². The molecule has 0 amide bonds. The van der Waals surface area contributed by atoms with Crippen LogP contribution in [0.3, 0.4) is 0 Å². The topological polar surface area (TPSA) is 12.4 Å². The van der Waals surface area contributed by atoms with Crippen LogP contribution in [0.4, 0.5) is 0 Å². The van der Waals surface area contributed by atoms with Crippen LogP contribution in [0.15, 0.2) is 4.99 Å². The Kier molecular flexibility index (Phi) is 6.78. The third-order valence-corrected chi connectivity index (χ3v) is 28.6. The van der Waals surface area contributed by atoms with Gasteiger partial charge in [-0.2, -0.15) is 0 Å². The molecular weight excluding hydrogens is 414 g/mol. The second-order valence-electron chi connectivity index (χ2n) is 3.25. The molecule has 0 fully saturated rings. The van der Waals surface area contributed by atoms with E-state index in [-0.39, 0.29) is 0 Å². The number of nitrogens with zero attached hydrogens (tertiary/aromatic N) is 1. The third kappa shape index (κ3) is 3.84. The molecule has 1 nitrogen and oxygen atoms in total. The number of thioether (sulfide) groups is 1. The Hall–Kier alpha value is 1.54. The predicted octanol–water partition coefficient (Wildman–Crippen LogP) is 3.54. The van der Waals surface area contributed by atoms with E-state index in [0.29, 0.717) is 17.9 Å². The zero-order valence-corrected chi connectivity index (χ0v) is 13.9. The van der Waals surface area contributed by atoms with Crippen molar-refractivity contribution in [1.29, 1.82) is 0 Å². The molecule has 0 aromatic heterocycles. The molecule has 5 heteroatoms. The molecule has 0 saturated carbocycles. The van der Waals surface area contributed by atoms with Crippen molar-refractivity contribution in [1.82, 2.24) is 0 Å². The third-order valence-electron chi connectivity index (χ3n) is 2.59. The molecule has 1 aliphatic rings. The molecule has 89 valence electrons. The van der Waals surface area contributed by atoms with Crippen LogP contribution in [0.1, 0.15) is 20.8 Å². The molecule has 0 bridgehead atoms. The van der Waals surface area contributed by atoms with Crippen molar-refractivity contribution >= 4 is 30.5 Å². The van der Waals surface area contributed by atoms with Crippen LogP contribution >= 0.6 is 26.1 Å². The molecule has 0 aromatic carbocycles. The zero-order chi connectivity index (χ0) is 10.4. The Morgan fingerprint density at radius 3 is 2.43 bits per heavy atom. The van der Waals surface area contributed by atoms with E-state index >= 15 is 0 Å². The SMILES string of the molecule is CC[PH](CC)(CC)[Au][S]C1=NCCS1. The van der Waals surface area contributed by atoms with Crippen LogP contribution < -0.4 is 0 Å². The van der Waals surface area contributed by atoms with Crippen molar-refractivity contribution in [3.63, 3.8) is 0 Å². The molecule has 0 aromatic rings. The molecule has 14 heavy (non-hydrogen) atoms. The van der Waals surface area contributed by atoms with Gasteiger partial charge in [-0.1, -0.05) is 0 Å². The van der Waals surface area contributed by atoms with Gasteiger partial charge in [-0.3, -0.25) is 0 Å². The molecule has 0 unspecified atom stereocenters. The Labute approximate surface area is 104 Å². The summed E-state index contributed by atoms with van der Waals surface area (Å²) in [6.45, 7) is 8.27. The normalized spacial score (nSPS) is 18.6. The fourth-order valence-corrected chi connectivity index (χ4v) is 23.5. The van der Waals surface area contributed by atoms with Gasteiger partial charge in [0.05, 0.1) is 0 Å². The van der Waals surface area contributed by atoms with Gasteiger partial charge in [-0.05, 0) is 0 Å². The van der Waals surface area contributed by atoms with E-state index in [4.69, 9.17) is 0 Å². The summed E-state index contributed by atoms with van der Waals surface area (Å²) in [5.41, 5.74) is 0. The zero-order valence-electron chi connectivity index (χ0n) is 9.10. The van der Waals surface area contributed by atoms with Gasteiger partial charge in [0.2, 0.25) is 0 Å². The summed E-state index contributed by atoms with van der Waals surface area (Å²) >= 11 is 2.46. The van der Waals surface area contributed by atoms with Crippen LogP contribution in [-0.2, 0) is 17.9 Å². The Bertz CT molecular complexity index is 199. The molecule has 0 aliphatic carbocycles. The second kappa shape index (κ2) is 6.98. The number of rotatable bonds is 5. The fourth-order valence-electron chi connectivity index (χ4n) is 1.32. The monoisotopic (exact) mass is 434 g/mol. The quantitative estimate of drug-likeness (QED) is 0.485. The molecule has 0 spiro atoms. The average Bonchev–Trinajstić information content (AvgIpc) is 2.74. The molecule has 1 rings (SSSR count). The summed E-state index contributed by atoms with van der Waals surface area (Å²) in [6.07, 6.45) is 4.44. The Morgan fingerprint density at radius 1 is 1.36 bits per heavy atom. The summed E-state index contributed by atoms with van der Waals surface area (Å²) in [5.74, 6) is 1.23. The van der Waals surface area contributed by atoms with E-state index in [0.717, 1.165) is 6.54 Å². The van der Waals surface area contributed by atoms with E-state index in [1.165, 1.54) is 28.6 Å². The summed E-state index contributed by atoms with van der Waals surface area (Å²) in [4.78, 5) is 4.53. The molecule has 0 saturated heterocycles.